The zero-order chi connectivity index (χ0) is 13.7. The molecule has 0 bridgehead atoms. The van der Waals surface area contributed by atoms with Gasteiger partial charge in [0.25, 0.3) is 5.91 Å². The minimum atomic E-state index is -0.00407. The van der Waals surface area contributed by atoms with Crippen molar-refractivity contribution < 1.29 is 4.79 Å². The van der Waals surface area contributed by atoms with Gasteiger partial charge in [-0.2, -0.15) is 0 Å². The molecule has 0 aliphatic carbocycles. The van der Waals surface area contributed by atoms with E-state index in [4.69, 9.17) is 0 Å². The Bertz CT molecular complexity index is 461. The van der Waals surface area contributed by atoms with Crippen LogP contribution in [0, 0.1) is 5.92 Å². The molecule has 1 atom stereocenters. The van der Waals surface area contributed by atoms with Crippen molar-refractivity contribution in [3.63, 3.8) is 0 Å². The molecule has 0 saturated carbocycles. The van der Waals surface area contributed by atoms with Gasteiger partial charge in [0.15, 0.2) is 0 Å². The fourth-order valence-electron chi connectivity index (χ4n) is 2.28. The highest BCUT2D eigenvalue weighted by Crippen LogP contribution is 2.17. The third-order valence-electron chi connectivity index (χ3n) is 3.26. The van der Waals surface area contributed by atoms with E-state index in [9.17, 15) is 4.79 Å². The minimum Gasteiger partial charge on any atom is -0.366 e. The number of piperidine rings is 1. The van der Waals surface area contributed by atoms with E-state index >= 15 is 0 Å². The summed E-state index contributed by atoms with van der Waals surface area (Å²) >= 11 is 0. The van der Waals surface area contributed by atoms with E-state index in [2.05, 4.69) is 28.8 Å². The molecule has 0 aromatic carbocycles. The van der Waals surface area contributed by atoms with Crippen molar-refractivity contribution in [3.8, 4) is 0 Å². The molecule has 2 heterocycles. The highest BCUT2D eigenvalue weighted by Gasteiger charge is 2.23. The van der Waals surface area contributed by atoms with Crippen LogP contribution in [0.4, 0.5) is 5.82 Å². The van der Waals surface area contributed by atoms with Gasteiger partial charge in [-0.3, -0.25) is 4.79 Å². The largest absolute Gasteiger partial charge is 0.366 e. The van der Waals surface area contributed by atoms with E-state index in [0.29, 0.717) is 24.0 Å². The van der Waals surface area contributed by atoms with Crippen LogP contribution in [0.15, 0.2) is 25.0 Å². The molecule has 1 aliphatic rings. The molecule has 1 amide bonds. The maximum absolute atomic E-state index is 12.4. The summed E-state index contributed by atoms with van der Waals surface area (Å²) in [5, 5.41) is 3.06. The number of amides is 1. The van der Waals surface area contributed by atoms with E-state index in [1.807, 2.05) is 4.90 Å². The van der Waals surface area contributed by atoms with Crippen molar-refractivity contribution in [2.24, 2.45) is 5.92 Å². The fraction of sp³-hybridized carbons (Fsp3) is 0.500. The molecule has 102 valence electrons. The predicted octanol–water partition coefficient (Wildman–Crippen LogP) is 1.95. The summed E-state index contributed by atoms with van der Waals surface area (Å²) in [6.07, 6.45) is 5.43. The summed E-state index contributed by atoms with van der Waals surface area (Å²) in [6, 6.07) is 1.70. The predicted molar refractivity (Wildman–Crippen MR) is 75.0 cm³/mol. The van der Waals surface area contributed by atoms with Gasteiger partial charge < -0.3 is 10.2 Å². The van der Waals surface area contributed by atoms with Crippen molar-refractivity contribution >= 4 is 11.7 Å². The molecule has 0 radical (unpaired) electrons. The number of anilines is 1. The Hall–Kier alpha value is -1.91. The molecule has 1 aromatic rings. The molecule has 1 unspecified atom stereocenters. The van der Waals surface area contributed by atoms with E-state index in [0.717, 1.165) is 19.5 Å². The molecule has 0 spiro atoms. The summed E-state index contributed by atoms with van der Waals surface area (Å²) in [5.41, 5.74) is 0.454. The van der Waals surface area contributed by atoms with Crippen molar-refractivity contribution in [2.75, 3.05) is 25.0 Å². The van der Waals surface area contributed by atoms with Crippen LogP contribution < -0.4 is 5.32 Å². The van der Waals surface area contributed by atoms with Crippen molar-refractivity contribution in [1.29, 1.82) is 0 Å². The lowest BCUT2D eigenvalue weighted by molar-refractivity contribution is 0.0677. The van der Waals surface area contributed by atoms with Crippen LogP contribution in [-0.4, -0.2) is 40.4 Å². The molecule has 5 nitrogen and oxygen atoms in total. The number of carbonyl (C=O) groups is 1. The average Bonchev–Trinajstić information content (AvgIpc) is 2.44. The van der Waals surface area contributed by atoms with Crippen molar-refractivity contribution in [1.82, 2.24) is 14.9 Å². The van der Waals surface area contributed by atoms with Crippen LogP contribution in [-0.2, 0) is 0 Å². The van der Waals surface area contributed by atoms with E-state index < -0.39 is 0 Å². The summed E-state index contributed by atoms with van der Waals surface area (Å²) in [6.45, 7) is 8.07. The highest BCUT2D eigenvalue weighted by molar-refractivity contribution is 5.93. The molecule has 2 rings (SSSR count). The Morgan fingerprint density at radius 3 is 3.21 bits per heavy atom. The lowest BCUT2D eigenvalue weighted by Crippen LogP contribution is -2.39. The number of rotatable bonds is 4. The van der Waals surface area contributed by atoms with Gasteiger partial charge in [0, 0.05) is 25.7 Å². The van der Waals surface area contributed by atoms with E-state index in [1.54, 1.807) is 12.1 Å². The summed E-state index contributed by atoms with van der Waals surface area (Å²) < 4.78 is 0. The second kappa shape index (κ2) is 6.31. The van der Waals surface area contributed by atoms with Crippen LogP contribution in [0.1, 0.15) is 30.3 Å². The van der Waals surface area contributed by atoms with Crippen molar-refractivity contribution in [2.45, 2.75) is 19.8 Å². The third kappa shape index (κ3) is 3.53. The lowest BCUT2D eigenvalue weighted by atomic mass is 10.00. The first-order valence-corrected chi connectivity index (χ1v) is 6.67. The quantitative estimate of drug-likeness (QED) is 0.841. The number of nitrogens with zero attached hydrogens (tertiary/aromatic N) is 3. The number of likely N-dealkylation sites (tertiary alicyclic amines) is 1. The standard InChI is InChI=1S/C14H20N4O/c1-3-6-15-13-8-12(16-10-17-13)14(19)18-7-4-5-11(2)9-18/h3,8,10-11H,1,4-7,9H2,2H3,(H,15,16,17). The minimum absolute atomic E-state index is 0.00407. The zero-order valence-corrected chi connectivity index (χ0v) is 11.3. The van der Waals surface area contributed by atoms with Crippen molar-refractivity contribution in [3.05, 3.63) is 30.7 Å². The zero-order valence-electron chi connectivity index (χ0n) is 11.3. The van der Waals surface area contributed by atoms with Gasteiger partial charge in [-0.05, 0) is 18.8 Å². The SMILES string of the molecule is C=CCNc1cc(C(=O)N2CCCC(C)C2)ncn1. The fourth-order valence-corrected chi connectivity index (χ4v) is 2.28. The van der Waals surface area contributed by atoms with E-state index in [-0.39, 0.29) is 5.91 Å². The second-order valence-electron chi connectivity index (χ2n) is 4.96. The Balaban J connectivity index is 2.07. The first kappa shape index (κ1) is 13.5. The maximum Gasteiger partial charge on any atom is 0.272 e. The van der Waals surface area contributed by atoms with E-state index in [1.165, 1.54) is 12.7 Å². The molecule has 19 heavy (non-hydrogen) atoms. The number of aromatic nitrogens is 2. The third-order valence-corrected chi connectivity index (χ3v) is 3.26. The first-order valence-electron chi connectivity index (χ1n) is 6.67. The Morgan fingerprint density at radius 2 is 2.47 bits per heavy atom. The summed E-state index contributed by atoms with van der Waals surface area (Å²) in [4.78, 5) is 22.4. The monoisotopic (exact) mass is 260 g/mol. The molecular formula is C14H20N4O. The lowest BCUT2D eigenvalue weighted by Gasteiger charge is -2.30. The van der Waals surface area contributed by atoms with Gasteiger partial charge in [-0.15, -0.1) is 6.58 Å². The molecule has 1 N–H and O–H groups in total. The van der Waals surface area contributed by atoms with Crippen LogP contribution in [0.25, 0.3) is 0 Å². The Labute approximate surface area is 113 Å². The molecule has 1 fully saturated rings. The molecule has 1 saturated heterocycles. The van der Waals surface area contributed by atoms with Gasteiger partial charge in [0.05, 0.1) is 0 Å². The van der Waals surface area contributed by atoms with Gasteiger partial charge in [0.1, 0.15) is 17.8 Å². The Morgan fingerprint density at radius 1 is 1.63 bits per heavy atom. The van der Waals surface area contributed by atoms with Crippen LogP contribution in [0.3, 0.4) is 0 Å². The maximum atomic E-state index is 12.4. The topological polar surface area (TPSA) is 58.1 Å². The number of hydrogen-bond donors (Lipinski definition) is 1. The molecule has 5 heteroatoms. The van der Waals surface area contributed by atoms with Gasteiger partial charge in [-0.1, -0.05) is 13.0 Å². The molecule has 1 aliphatic heterocycles. The first-order chi connectivity index (χ1) is 9.20. The molecular weight excluding hydrogens is 240 g/mol. The number of hydrogen-bond acceptors (Lipinski definition) is 4. The summed E-state index contributed by atoms with van der Waals surface area (Å²) in [7, 11) is 0. The Kier molecular flexibility index (Phi) is 4.49. The van der Waals surface area contributed by atoms with Gasteiger partial charge in [0.2, 0.25) is 0 Å². The van der Waals surface area contributed by atoms with Crippen LogP contribution in [0.5, 0.6) is 0 Å². The van der Waals surface area contributed by atoms with Crippen LogP contribution >= 0.6 is 0 Å². The van der Waals surface area contributed by atoms with Gasteiger partial charge in [-0.25, -0.2) is 9.97 Å². The average molecular weight is 260 g/mol. The smallest absolute Gasteiger partial charge is 0.272 e. The second-order valence-corrected chi connectivity index (χ2v) is 4.96. The number of carbonyl (C=O) groups excluding carboxylic acids is 1. The normalized spacial score (nSPS) is 19.0. The summed E-state index contributed by atoms with van der Waals surface area (Å²) in [5.74, 6) is 1.22. The number of nitrogens with one attached hydrogen (secondary N) is 1. The van der Waals surface area contributed by atoms with Gasteiger partial charge >= 0.3 is 0 Å². The highest BCUT2D eigenvalue weighted by atomic mass is 16.2. The van der Waals surface area contributed by atoms with Crippen LogP contribution in [0.2, 0.25) is 0 Å². The molecule has 1 aromatic heterocycles.